The van der Waals surface area contributed by atoms with Crippen LogP contribution < -0.4 is 14.8 Å². The summed E-state index contributed by atoms with van der Waals surface area (Å²) in [5.74, 6) is 0.329. The molecule has 0 saturated heterocycles. The van der Waals surface area contributed by atoms with Crippen LogP contribution in [-0.4, -0.2) is 20.4 Å². The first-order valence-corrected chi connectivity index (χ1v) is 11.8. The quantitative estimate of drug-likeness (QED) is 0.477. The third-order valence-corrected chi connectivity index (χ3v) is 6.58. The minimum atomic E-state index is -3.79. The van der Waals surface area contributed by atoms with Crippen LogP contribution in [0.3, 0.4) is 0 Å². The van der Waals surface area contributed by atoms with Crippen molar-refractivity contribution in [2.75, 3.05) is 10.0 Å². The van der Waals surface area contributed by atoms with Gasteiger partial charge in [0.05, 0.1) is 10.6 Å². The molecule has 1 amide bonds. The molecule has 3 rings (SSSR count). The highest BCUT2D eigenvalue weighted by Crippen LogP contribution is 2.25. The lowest BCUT2D eigenvalue weighted by Crippen LogP contribution is -2.30. The molecule has 3 aromatic rings. The minimum Gasteiger partial charge on any atom is -0.481 e. The molecule has 8 heteroatoms. The lowest BCUT2D eigenvalue weighted by Gasteiger charge is -2.18. The number of nitrogens with one attached hydrogen (secondary N) is 2. The molecule has 0 aliphatic rings. The van der Waals surface area contributed by atoms with E-state index in [9.17, 15) is 13.2 Å². The Labute approximate surface area is 193 Å². The fourth-order valence-electron chi connectivity index (χ4n) is 3.09. The Morgan fingerprint density at radius 1 is 0.969 bits per heavy atom. The number of carbonyl (C=O) groups excluding carboxylic acids is 1. The molecule has 32 heavy (non-hydrogen) atoms. The minimum absolute atomic E-state index is 0.0608. The third kappa shape index (κ3) is 5.81. The van der Waals surface area contributed by atoms with Crippen molar-refractivity contribution in [3.8, 4) is 5.75 Å². The number of sulfonamides is 1. The van der Waals surface area contributed by atoms with Crippen LogP contribution in [0.15, 0.2) is 65.6 Å². The van der Waals surface area contributed by atoms with Gasteiger partial charge in [0.1, 0.15) is 5.75 Å². The number of ether oxygens (including phenoxy) is 1. The Morgan fingerprint density at radius 3 is 2.31 bits per heavy atom. The van der Waals surface area contributed by atoms with Gasteiger partial charge in [0.25, 0.3) is 15.9 Å². The normalized spacial score (nSPS) is 12.2. The molecule has 3 aromatic carbocycles. The van der Waals surface area contributed by atoms with E-state index in [0.29, 0.717) is 22.1 Å². The second-order valence-corrected chi connectivity index (χ2v) is 9.71. The zero-order valence-electron chi connectivity index (χ0n) is 18.3. The van der Waals surface area contributed by atoms with E-state index in [4.69, 9.17) is 16.3 Å². The van der Waals surface area contributed by atoms with Crippen LogP contribution in [-0.2, 0) is 14.8 Å². The summed E-state index contributed by atoms with van der Waals surface area (Å²) in [4.78, 5) is 12.6. The van der Waals surface area contributed by atoms with Gasteiger partial charge < -0.3 is 10.1 Å². The third-order valence-electron chi connectivity index (χ3n) is 4.95. The molecule has 2 N–H and O–H groups in total. The second-order valence-electron chi connectivity index (χ2n) is 7.59. The zero-order valence-corrected chi connectivity index (χ0v) is 19.8. The predicted octanol–water partition coefficient (Wildman–Crippen LogP) is 5.47. The number of aryl methyl sites for hydroxylation is 2. The first-order chi connectivity index (χ1) is 15.0. The highest BCUT2D eigenvalue weighted by atomic mass is 35.5. The van der Waals surface area contributed by atoms with E-state index in [0.717, 1.165) is 16.7 Å². The topological polar surface area (TPSA) is 84.5 Å². The number of anilines is 2. The molecule has 0 aliphatic heterocycles. The fourth-order valence-corrected chi connectivity index (χ4v) is 4.33. The molecular weight excluding hydrogens is 448 g/mol. The average molecular weight is 473 g/mol. The Hall–Kier alpha value is -3.03. The molecule has 0 fully saturated rings. The molecule has 0 spiro atoms. The number of hydrogen-bond acceptors (Lipinski definition) is 4. The molecule has 0 aliphatic carbocycles. The van der Waals surface area contributed by atoms with Crippen molar-refractivity contribution in [1.29, 1.82) is 0 Å². The highest BCUT2D eigenvalue weighted by molar-refractivity contribution is 7.92. The van der Waals surface area contributed by atoms with E-state index >= 15 is 0 Å². The van der Waals surface area contributed by atoms with Gasteiger partial charge in [-0.05, 0) is 92.9 Å². The summed E-state index contributed by atoms with van der Waals surface area (Å²) in [6.45, 7) is 7.59. The number of carbonyl (C=O) groups is 1. The molecule has 0 aromatic heterocycles. The average Bonchev–Trinajstić information content (AvgIpc) is 2.71. The summed E-state index contributed by atoms with van der Waals surface area (Å²) >= 11 is 5.90. The molecule has 0 heterocycles. The van der Waals surface area contributed by atoms with Crippen LogP contribution in [0.2, 0.25) is 5.02 Å². The Kier molecular flexibility index (Phi) is 7.11. The van der Waals surface area contributed by atoms with Crippen LogP contribution >= 0.6 is 11.6 Å². The standard InChI is InChI=1S/C24H25ClN2O4S/c1-15-12-16(2)17(3)23(13-15)31-18(4)24(28)26-20-8-10-22(11-9-20)32(29,30)27-21-7-5-6-19(25)14-21/h5-14,18,27H,1-4H3,(H,26,28)/t18-/m0/s1. The Balaban J connectivity index is 1.66. The molecule has 0 saturated carbocycles. The molecule has 0 unspecified atom stereocenters. The Morgan fingerprint density at radius 2 is 1.66 bits per heavy atom. The number of halogens is 1. The number of hydrogen-bond donors (Lipinski definition) is 2. The summed E-state index contributed by atoms with van der Waals surface area (Å²) < 4.78 is 33.5. The molecular formula is C24H25ClN2O4S. The van der Waals surface area contributed by atoms with Gasteiger partial charge in [0, 0.05) is 10.7 Å². The number of benzene rings is 3. The first kappa shape index (κ1) is 23.6. The maximum Gasteiger partial charge on any atom is 0.265 e. The van der Waals surface area contributed by atoms with Crippen LogP contribution in [0.1, 0.15) is 23.6 Å². The summed E-state index contributed by atoms with van der Waals surface area (Å²) in [5, 5.41) is 3.18. The SMILES string of the molecule is Cc1cc(C)c(C)c(O[C@@H](C)C(=O)Nc2ccc(S(=O)(=O)Nc3cccc(Cl)c3)cc2)c1. The van der Waals surface area contributed by atoms with Crippen molar-refractivity contribution < 1.29 is 17.9 Å². The van der Waals surface area contributed by atoms with Gasteiger partial charge in [-0.1, -0.05) is 23.7 Å². The lowest BCUT2D eigenvalue weighted by molar-refractivity contribution is -0.122. The van der Waals surface area contributed by atoms with Crippen LogP contribution in [0.5, 0.6) is 5.75 Å². The summed E-state index contributed by atoms with van der Waals surface area (Å²) in [6, 6.07) is 16.3. The maximum atomic E-state index is 12.6. The monoisotopic (exact) mass is 472 g/mol. The van der Waals surface area contributed by atoms with Crippen LogP contribution in [0.4, 0.5) is 11.4 Å². The number of rotatable bonds is 7. The Bertz CT molecular complexity index is 1240. The fraction of sp³-hybridized carbons (Fsp3) is 0.208. The van der Waals surface area contributed by atoms with Crippen LogP contribution in [0.25, 0.3) is 0 Å². The van der Waals surface area contributed by atoms with Crippen molar-refractivity contribution in [3.63, 3.8) is 0 Å². The van der Waals surface area contributed by atoms with E-state index in [2.05, 4.69) is 16.1 Å². The second kappa shape index (κ2) is 9.63. The molecule has 1 atom stereocenters. The van der Waals surface area contributed by atoms with E-state index in [-0.39, 0.29) is 10.8 Å². The van der Waals surface area contributed by atoms with Gasteiger partial charge in [-0.2, -0.15) is 0 Å². The first-order valence-electron chi connectivity index (χ1n) is 9.99. The van der Waals surface area contributed by atoms with Gasteiger partial charge in [-0.3, -0.25) is 9.52 Å². The van der Waals surface area contributed by atoms with E-state index < -0.39 is 16.1 Å². The largest absolute Gasteiger partial charge is 0.481 e. The van der Waals surface area contributed by atoms with E-state index in [1.54, 1.807) is 25.1 Å². The van der Waals surface area contributed by atoms with Crippen molar-refractivity contribution >= 4 is 38.9 Å². The highest BCUT2D eigenvalue weighted by Gasteiger charge is 2.18. The van der Waals surface area contributed by atoms with Gasteiger partial charge in [0.15, 0.2) is 6.10 Å². The van der Waals surface area contributed by atoms with Crippen molar-refractivity contribution in [2.45, 2.75) is 38.7 Å². The van der Waals surface area contributed by atoms with Crippen LogP contribution in [0, 0.1) is 20.8 Å². The number of amides is 1. The lowest BCUT2D eigenvalue weighted by atomic mass is 10.1. The van der Waals surface area contributed by atoms with E-state index in [1.807, 2.05) is 26.8 Å². The maximum absolute atomic E-state index is 12.6. The zero-order chi connectivity index (χ0) is 23.5. The predicted molar refractivity (Wildman–Crippen MR) is 128 cm³/mol. The van der Waals surface area contributed by atoms with Gasteiger partial charge in [0.2, 0.25) is 0 Å². The van der Waals surface area contributed by atoms with Gasteiger partial charge >= 0.3 is 0 Å². The summed E-state index contributed by atoms with van der Waals surface area (Å²) in [6.07, 6.45) is -0.734. The smallest absolute Gasteiger partial charge is 0.265 e. The molecule has 0 radical (unpaired) electrons. The van der Waals surface area contributed by atoms with Crippen molar-refractivity contribution in [1.82, 2.24) is 0 Å². The van der Waals surface area contributed by atoms with Gasteiger partial charge in [-0.15, -0.1) is 0 Å². The molecule has 0 bridgehead atoms. The van der Waals surface area contributed by atoms with Gasteiger partial charge in [-0.25, -0.2) is 8.42 Å². The van der Waals surface area contributed by atoms with Crippen molar-refractivity contribution in [2.24, 2.45) is 0 Å². The van der Waals surface area contributed by atoms with Crippen molar-refractivity contribution in [3.05, 3.63) is 82.4 Å². The van der Waals surface area contributed by atoms with E-state index in [1.165, 1.54) is 30.3 Å². The summed E-state index contributed by atoms with van der Waals surface area (Å²) in [7, 11) is -3.79. The molecule has 168 valence electrons. The summed E-state index contributed by atoms with van der Waals surface area (Å²) in [5.41, 5.74) is 3.96. The molecule has 6 nitrogen and oxygen atoms in total.